The molecule has 0 radical (unpaired) electrons. The molecule has 0 aliphatic heterocycles. The van der Waals surface area contributed by atoms with Crippen molar-refractivity contribution in [1.29, 1.82) is 0 Å². The van der Waals surface area contributed by atoms with Gasteiger partial charge in [-0.1, -0.05) is 13.0 Å². The van der Waals surface area contributed by atoms with Gasteiger partial charge in [0.05, 0.1) is 14.2 Å². The fourth-order valence-electron chi connectivity index (χ4n) is 2.51. The molecule has 0 aliphatic carbocycles. The summed E-state index contributed by atoms with van der Waals surface area (Å²) in [5.74, 6) is 1.56. The molecular weight excluding hydrogens is 282 g/mol. The van der Waals surface area contributed by atoms with Crippen molar-refractivity contribution in [2.45, 2.75) is 26.3 Å². The minimum Gasteiger partial charge on any atom is -0.493 e. The van der Waals surface area contributed by atoms with E-state index in [9.17, 15) is 0 Å². The lowest BCUT2D eigenvalue weighted by molar-refractivity contribution is 0.354. The number of rotatable bonds is 7. The number of nitrogens with one attached hydrogen (secondary N) is 1. The Kier molecular flexibility index (Phi) is 5.65. The smallest absolute Gasteiger partial charge is 0.160 e. The van der Waals surface area contributed by atoms with E-state index in [0.717, 1.165) is 24.5 Å². The molecule has 4 heteroatoms. The predicted octanol–water partition coefficient (Wildman–Crippen LogP) is 3.97. The van der Waals surface area contributed by atoms with Gasteiger partial charge in [-0.05, 0) is 59.5 Å². The fourth-order valence-corrected chi connectivity index (χ4v) is 3.41. The molecule has 0 aliphatic rings. The molecule has 21 heavy (non-hydrogen) atoms. The number of hydrogen-bond donors (Lipinski definition) is 1. The molecular formula is C17H23NO2S. The monoisotopic (exact) mass is 305 g/mol. The van der Waals surface area contributed by atoms with Crippen molar-refractivity contribution in [3.05, 3.63) is 45.6 Å². The van der Waals surface area contributed by atoms with E-state index in [4.69, 9.17) is 9.47 Å². The van der Waals surface area contributed by atoms with Crippen LogP contribution in [0.4, 0.5) is 0 Å². The van der Waals surface area contributed by atoms with E-state index in [1.807, 2.05) is 6.07 Å². The highest BCUT2D eigenvalue weighted by molar-refractivity contribution is 7.08. The van der Waals surface area contributed by atoms with Gasteiger partial charge < -0.3 is 14.8 Å². The highest BCUT2D eigenvalue weighted by Crippen LogP contribution is 2.30. The zero-order valence-corrected chi connectivity index (χ0v) is 13.9. The summed E-state index contributed by atoms with van der Waals surface area (Å²) in [4.78, 5) is 0. The topological polar surface area (TPSA) is 30.5 Å². The van der Waals surface area contributed by atoms with Crippen LogP contribution in [-0.4, -0.2) is 20.8 Å². The van der Waals surface area contributed by atoms with Crippen molar-refractivity contribution in [2.24, 2.45) is 0 Å². The summed E-state index contributed by atoms with van der Waals surface area (Å²) in [7, 11) is 3.33. The Morgan fingerprint density at radius 1 is 1.14 bits per heavy atom. The average Bonchev–Trinajstić information content (AvgIpc) is 2.92. The van der Waals surface area contributed by atoms with Gasteiger partial charge >= 0.3 is 0 Å². The summed E-state index contributed by atoms with van der Waals surface area (Å²) in [5.41, 5.74) is 3.98. The van der Waals surface area contributed by atoms with Gasteiger partial charge in [0, 0.05) is 6.04 Å². The molecule has 2 aromatic rings. The summed E-state index contributed by atoms with van der Waals surface area (Å²) < 4.78 is 10.7. The van der Waals surface area contributed by atoms with Gasteiger partial charge in [-0.3, -0.25) is 0 Å². The Bertz CT molecular complexity index is 580. The fraction of sp³-hybridized carbons (Fsp3) is 0.412. The highest BCUT2D eigenvalue weighted by atomic mass is 32.1. The first-order valence-electron chi connectivity index (χ1n) is 7.16. The maximum Gasteiger partial charge on any atom is 0.160 e. The third-order valence-electron chi connectivity index (χ3n) is 3.61. The van der Waals surface area contributed by atoms with Crippen molar-refractivity contribution in [1.82, 2.24) is 5.32 Å². The van der Waals surface area contributed by atoms with Crippen LogP contribution in [0.3, 0.4) is 0 Å². The third-order valence-corrected chi connectivity index (χ3v) is 4.49. The minimum absolute atomic E-state index is 0.333. The number of hydrogen-bond acceptors (Lipinski definition) is 4. The number of thiophene rings is 1. The van der Waals surface area contributed by atoms with E-state index in [2.05, 4.69) is 42.1 Å². The first-order chi connectivity index (χ1) is 10.2. The van der Waals surface area contributed by atoms with Crippen molar-refractivity contribution in [2.75, 3.05) is 20.8 Å². The molecule has 1 N–H and O–H groups in total. The second kappa shape index (κ2) is 7.48. The van der Waals surface area contributed by atoms with Crippen LogP contribution >= 0.6 is 11.3 Å². The van der Waals surface area contributed by atoms with Gasteiger partial charge in [0.1, 0.15) is 0 Å². The molecule has 2 rings (SSSR count). The number of likely N-dealkylation sites (N-methyl/N-ethyl adjacent to an activating group) is 1. The minimum atomic E-state index is 0.333. The standard InChI is InChI=1S/C17H23NO2S/c1-5-18-15(14-11-21-10-12(14)2)8-13-6-7-16(19-3)17(9-13)20-4/h6-7,9-11,15,18H,5,8H2,1-4H3. The Morgan fingerprint density at radius 3 is 2.48 bits per heavy atom. The normalized spacial score (nSPS) is 12.2. The van der Waals surface area contributed by atoms with Crippen LogP contribution in [0.1, 0.15) is 29.7 Å². The summed E-state index contributed by atoms with van der Waals surface area (Å²) in [5, 5.41) is 8.02. The van der Waals surface area contributed by atoms with E-state index < -0.39 is 0 Å². The van der Waals surface area contributed by atoms with Gasteiger partial charge in [-0.2, -0.15) is 11.3 Å². The molecule has 0 bridgehead atoms. The van der Waals surface area contributed by atoms with E-state index in [1.165, 1.54) is 16.7 Å². The molecule has 0 amide bonds. The molecule has 3 nitrogen and oxygen atoms in total. The van der Waals surface area contributed by atoms with E-state index in [0.29, 0.717) is 6.04 Å². The van der Waals surface area contributed by atoms with Gasteiger partial charge in [-0.25, -0.2) is 0 Å². The molecule has 1 aromatic carbocycles. The second-order valence-electron chi connectivity index (χ2n) is 5.01. The maximum atomic E-state index is 5.39. The average molecular weight is 305 g/mol. The van der Waals surface area contributed by atoms with Crippen LogP contribution < -0.4 is 14.8 Å². The summed E-state index contributed by atoms with van der Waals surface area (Å²) in [6.07, 6.45) is 0.936. The molecule has 0 saturated heterocycles. The van der Waals surface area contributed by atoms with Crippen LogP contribution in [0, 0.1) is 6.92 Å². The van der Waals surface area contributed by atoms with Crippen LogP contribution in [-0.2, 0) is 6.42 Å². The zero-order valence-electron chi connectivity index (χ0n) is 13.1. The number of benzene rings is 1. The molecule has 114 valence electrons. The Morgan fingerprint density at radius 2 is 1.90 bits per heavy atom. The third kappa shape index (κ3) is 3.77. The lowest BCUT2D eigenvalue weighted by Gasteiger charge is -2.19. The largest absolute Gasteiger partial charge is 0.493 e. The first-order valence-corrected chi connectivity index (χ1v) is 8.10. The molecule has 1 unspecified atom stereocenters. The van der Waals surface area contributed by atoms with E-state index >= 15 is 0 Å². The summed E-state index contributed by atoms with van der Waals surface area (Å²) >= 11 is 1.76. The summed E-state index contributed by atoms with van der Waals surface area (Å²) in [6, 6.07) is 6.47. The Balaban J connectivity index is 2.23. The SMILES string of the molecule is CCNC(Cc1ccc(OC)c(OC)c1)c1cscc1C. The maximum absolute atomic E-state index is 5.39. The molecule has 0 spiro atoms. The van der Waals surface area contributed by atoms with Crippen molar-refractivity contribution >= 4 is 11.3 Å². The molecule has 0 saturated carbocycles. The van der Waals surface area contributed by atoms with Crippen molar-refractivity contribution < 1.29 is 9.47 Å². The van der Waals surface area contributed by atoms with Crippen LogP contribution in [0.15, 0.2) is 29.0 Å². The molecule has 1 aromatic heterocycles. The predicted molar refractivity (Wildman–Crippen MR) is 88.7 cm³/mol. The Hall–Kier alpha value is -1.52. The number of methoxy groups -OCH3 is 2. The second-order valence-corrected chi connectivity index (χ2v) is 5.76. The number of ether oxygens (including phenoxy) is 2. The van der Waals surface area contributed by atoms with Gasteiger partial charge in [0.25, 0.3) is 0 Å². The van der Waals surface area contributed by atoms with Gasteiger partial charge in [0.15, 0.2) is 11.5 Å². The van der Waals surface area contributed by atoms with Gasteiger partial charge in [-0.15, -0.1) is 0 Å². The Labute approximate surface area is 130 Å². The van der Waals surface area contributed by atoms with Gasteiger partial charge in [0.2, 0.25) is 0 Å². The van der Waals surface area contributed by atoms with Crippen LogP contribution in [0.2, 0.25) is 0 Å². The molecule has 1 atom stereocenters. The molecule has 1 heterocycles. The molecule has 0 fully saturated rings. The lowest BCUT2D eigenvalue weighted by atomic mass is 9.98. The lowest BCUT2D eigenvalue weighted by Crippen LogP contribution is -2.23. The van der Waals surface area contributed by atoms with Crippen molar-refractivity contribution in [3.63, 3.8) is 0 Å². The first kappa shape index (κ1) is 15.9. The number of aryl methyl sites for hydroxylation is 1. The van der Waals surface area contributed by atoms with E-state index in [1.54, 1.807) is 25.6 Å². The quantitative estimate of drug-likeness (QED) is 0.839. The van der Waals surface area contributed by atoms with Crippen molar-refractivity contribution in [3.8, 4) is 11.5 Å². The van der Waals surface area contributed by atoms with Crippen LogP contribution in [0.5, 0.6) is 11.5 Å². The van der Waals surface area contributed by atoms with Crippen LogP contribution in [0.25, 0.3) is 0 Å². The zero-order chi connectivity index (χ0) is 15.2. The summed E-state index contributed by atoms with van der Waals surface area (Å²) in [6.45, 7) is 5.27. The highest BCUT2D eigenvalue weighted by Gasteiger charge is 2.15. The van der Waals surface area contributed by atoms with E-state index in [-0.39, 0.29) is 0 Å².